The molecule has 2 heterocycles. The summed E-state index contributed by atoms with van der Waals surface area (Å²) in [4.78, 5) is 19.2. The first kappa shape index (κ1) is 19.4. The van der Waals surface area contributed by atoms with Gasteiger partial charge in [-0.15, -0.1) is 0 Å². The van der Waals surface area contributed by atoms with Gasteiger partial charge < -0.3 is 14.3 Å². The molecular weight excluding hydrogens is 340 g/mol. The molecule has 1 saturated heterocycles. The second kappa shape index (κ2) is 8.57. The van der Waals surface area contributed by atoms with Crippen LogP contribution in [0.15, 0.2) is 28.8 Å². The number of rotatable bonds is 5. The first-order valence-electron chi connectivity index (χ1n) is 9.62. The van der Waals surface area contributed by atoms with E-state index in [0.29, 0.717) is 6.42 Å². The highest BCUT2D eigenvalue weighted by Crippen LogP contribution is 2.17. The molecule has 0 aliphatic carbocycles. The van der Waals surface area contributed by atoms with Crippen molar-refractivity contribution < 1.29 is 9.32 Å². The lowest BCUT2D eigenvalue weighted by molar-refractivity contribution is -0.130. The molecular formula is C21H30N4O2. The summed E-state index contributed by atoms with van der Waals surface area (Å²) in [6.45, 7) is 8.27. The normalized spacial score (nSPS) is 15.6. The Morgan fingerprint density at radius 1 is 1.11 bits per heavy atom. The summed E-state index contributed by atoms with van der Waals surface area (Å²) in [5.41, 5.74) is 4.36. The van der Waals surface area contributed by atoms with E-state index in [2.05, 4.69) is 39.2 Å². The minimum Gasteiger partial charge on any atom is -0.378 e. The van der Waals surface area contributed by atoms with Crippen molar-refractivity contribution in [1.82, 2.24) is 15.0 Å². The third kappa shape index (κ3) is 4.89. The van der Waals surface area contributed by atoms with Crippen molar-refractivity contribution in [2.45, 2.75) is 33.2 Å². The number of hydrogen-bond donors (Lipinski definition) is 0. The Hall–Kier alpha value is -2.34. The molecule has 0 atom stereocenters. The van der Waals surface area contributed by atoms with Gasteiger partial charge in [0.25, 0.3) is 0 Å². The van der Waals surface area contributed by atoms with Crippen LogP contribution in [0.2, 0.25) is 0 Å². The summed E-state index contributed by atoms with van der Waals surface area (Å²) < 4.78 is 5.27. The molecule has 3 rings (SSSR count). The molecule has 1 amide bonds. The second-order valence-electron chi connectivity index (χ2n) is 7.55. The number of amides is 1. The van der Waals surface area contributed by atoms with E-state index in [4.69, 9.17) is 4.52 Å². The van der Waals surface area contributed by atoms with Gasteiger partial charge in [0.2, 0.25) is 5.91 Å². The molecule has 1 aliphatic heterocycles. The largest absolute Gasteiger partial charge is 0.378 e. The van der Waals surface area contributed by atoms with Crippen LogP contribution in [0.1, 0.15) is 29.0 Å². The van der Waals surface area contributed by atoms with Gasteiger partial charge in [-0.25, -0.2) is 0 Å². The van der Waals surface area contributed by atoms with Crippen LogP contribution in [0.5, 0.6) is 0 Å². The van der Waals surface area contributed by atoms with Gasteiger partial charge in [0.05, 0.1) is 12.1 Å². The molecule has 0 saturated carbocycles. The second-order valence-corrected chi connectivity index (χ2v) is 7.55. The zero-order chi connectivity index (χ0) is 19.4. The van der Waals surface area contributed by atoms with Crippen molar-refractivity contribution in [2.75, 3.05) is 45.2 Å². The lowest BCUT2D eigenvalue weighted by Crippen LogP contribution is -2.36. The third-order valence-corrected chi connectivity index (χ3v) is 5.31. The SMILES string of the molecule is Cc1noc(C)c1CN1CCCN(C(=O)Cc2ccc(N(C)C)cc2)CC1. The maximum absolute atomic E-state index is 12.7. The van der Waals surface area contributed by atoms with Gasteiger partial charge in [-0.2, -0.15) is 0 Å². The van der Waals surface area contributed by atoms with Crippen molar-refractivity contribution in [3.05, 3.63) is 46.8 Å². The standard InChI is InChI=1S/C21H30N4O2/c1-16-20(17(2)27-22-16)15-24-10-5-11-25(13-12-24)21(26)14-18-6-8-19(9-7-18)23(3)4/h6-9H,5,10-15H2,1-4H3. The van der Waals surface area contributed by atoms with E-state index in [9.17, 15) is 4.79 Å². The molecule has 27 heavy (non-hydrogen) atoms. The summed E-state index contributed by atoms with van der Waals surface area (Å²) in [6.07, 6.45) is 1.46. The molecule has 0 spiro atoms. The van der Waals surface area contributed by atoms with E-state index in [-0.39, 0.29) is 5.91 Å². The Balaban J connectivity index is 1.54. The van der Waals surface area contributed by atoms with Crippen LogP contribution in [-0.2, 0) is 17.8 Å². The highest BCUT2D eigenvalue weighted by atomic mass is 16.5. The van der Waals surface area contributed by atoms with Crippen molar-refractivity contribution in [3.8, 4) is 0 Å². The Bertz CT molecular complexity index is 747. The number of carbonyl (C=O) groups excluding carboxylic acids is 1. The molecule has 1 aromatic heterocycles. The number of aromatic nitrogens is 1. The molecule has 1 aromatic carbocycles. The predicted molar refractivity (Wildman–Crippen MR) is 107 cm³/mol. The van der Waals surface area contributed by atoms with E-state index in [1.54, 1.807) is 0 Å². The van der Waals surface area contributed by atoms with E-state index in [1.165, 1.54) is 5.56 Å². The van der Waals surface area contributed by atoms with Crippen LogP contribution in [0, 0.1) is 13.8 Å². The average molecular weight is 370 g/mol. The van der Waals surface area contributed by atoms with Gasteiger partial charge >= 0.3 is 0 Å². The van der Waals surface area contributed by atoms with Gasteiger partial charge in [0, 0.05) is 58.1 Å². The van der Waals surface area contributed by atoms with Crippen molar-refractivity contribution in [1.29, 1.82) is 0 Å². The average Bonchev–Trinajstić information content (AvgIpc) is 2.85. The fraction of sp³-hybridized carbons (Fsp3) is 0.524. The molecule has 0 unspecified atom stereocenters. The fourth-order valence-electron chi connectivity index (χ4n) is 3.53. The molecule has 0 N–H and O–H groups in total. The quantitative estimate of drug-likeness (QED) is 0.810. The molecule has 0 bridgehead atoms. The molecule has 1 fully saturated rings. The first-order chi connectivity index (χ1) is 12.9. The lowest BCUT2D eigenvalue weighted by atomic mass is 10.1. The smallest absolute Gasteiger partial charge is 0.227 e. The van der Waals surface area contributed by atoms with Crippen LogP contribution in [0.4, 0.5) is 5.69 Å². The highest BCUT2D eigenvalue weighted by molar-refractivity contribution is 5.79. The van der Waals surface area contributed by atoms with E-state index in [1.807, 2.05) is 32.8 Å². The van der Waals surface area contributed by atoms with Crippen LogP contribution < -0.4 is 4.90 Å². The van der Waals surface area contributed by atoms with Gasteiger partial charge in [-0.1, -0.05) is 17.3 Å². The Labute approximate surface area is 161 Å². The van der Waals surface area contributed by atoms with Crippen LogP contribution >= 0.6 is 0 Å². The topological polar surface area (TPSA) is 52.8 Å². The maximum atomic E-state index is 12.7. The van der Waals surface area contributed by atoms with E-state index in [0.717, 1.165) is 61.8 Å². The monoisotopic (exact) mass is 370 g/mol. The summed E-state index contributed by atoms with van der Waals surface area (Å²) in [5.74, 6) is 1.11. The number of benzene rings is 1. The van der Waals surface area contributed by atoms with E-state index < -0.39 is 0 Å². The summed E-state index contributed by atoms with van der Waals surface area (Å²) in [6, 6.07) is 8.23. The van der Waals surface area contributed by atoms with Crippen molar-refractivity contribution >= 4 is 11.6 Å². The zero-order valence-electron chi connectivity index (χ0n) is 16.9. The number of carbonyl (C=O) groups is 1. The number of hydrogen-bond acceptors (Lipinski definition) is 5. The highest BCUT2D eigenvalue weighted by Gasteiger charge is 2.21. The van der Waals surface area contributed by atoms with Crippen molar-refractivity contribution in [3.63, 3.8) is 0 Å². The lowest BCUT2D eigenvalue weighted by Gasteiger charge is -2.22. The predicted octanol–water partition coefficient (Wildman–Crippen LogP) is 2.63. The summed E-state index contributed by atoms with van der Waals surface area (Å²) >= 11 is 0. The van der Waals surface area contributed by atoms with E-state index >= 15 is 0 Å². The molecule has 1 aliphatic rings. The van der Waals surface area contributed by atoms with Crippen LogP contribution in [0.3, 0.4) is 0 Å². The molecule has 2 aromatic rings. The number of anilines is 1. The minimum absolute atomic E-state index is 0.215. The Kier molecular flexibility index (Phi) is 6.16. The first-order valence-corrected chi connectivity index (χ1v) is 9.62. The number of nitrogens with zero attached hydrogens (tertiary/aromatic N) is 4. The fourth-order valence-corrected chi connectivity index (χ4v) is 3.53. The van der Waals surface area contributed by atoms with Gasteiger partial charge in [0.15, 0.2) is 0 Å². The number of aryl methyl sites for hydroxylation is 2. The molecule has 0 radical (unpaired) electrons. The van der Waals surface area contributed by atoms with Crippen LogP contribution in [0.25, 0.3) is 0 Å². The van der Waals surface area contributed by atoms with Gasteiger partial charge in [0.1, 0.15) is 5.76 Å². The summed E-state index contributed by atoms with van der Waals surface area (Å²) in [5, 5.41) is 4.04. The van der Waals surface area contributed by atoms with Crippen molar-refractivity contribution in [2.24, 2.45) is 0 Å². The van der Waals surface area contributed by atoms with Gasteiger partial charge in [-0.05, 0) is 38.0 Å². The third-order valence-electron chi connectivity index (χ3n) is 5.31. The maximum Gasteiger partial charge on any atom is 0.227 e. The Morgan fingerprint density at radius 3 is 2.48 bits per heavy atom. The zero-order valence-corrected chi connectivity index (χ0v) is 16.9. The van der Waals surface area contributed by atoms with Crippen LogP contribution in [-0.4, -0.2) is 61.1 Å². The molecule has 6 heteroatoms. The molecule has 146 valence electrons. The van der Waals surface area contributed by atoms with Gasteiger partial charge in [-0.3, -0.25) is 9.69 Å². The minimum atomic E-state index is 0.215. The molecule has 6 nitrogen and oxygen atoms in total. The summed E-state index contributed by atoms with van der Waals surface area (Å²) in [7, 11) is 4.04. The Morgan fingerprint density at radius 2 is 1.85 bits per heavy atom.